The maximum atomic E-state index is 13.1. The third-order valence-electron chi connectivity index (χ3n) is 6.10. The zero-order chi connectivity index (χ0) is 23.5. The van der Waals surface area contributed by atoms with Crippen LogP contribution >= 0.6 is 11.3 Å². The lowest BCUT2D eigenvalue weighted by Gasteiger charge is -2.46. The summed E-state index contributed by atoms with van der Waals surface area (Å²) in [5, 5.41) is 10.2. The normalized spacial score (nSPS) is 23.9. The zero-order valence-electron chi connectivity index (χ0n) is 18.9. The Kier molecular flexibility index (Phi) is 5.41. The molecule has 9 nitrogen and oxygen atoms in total. The van der Waals surface area contributed by atoms with Crippen LogP contribution in [0.2, 0.25) is 0 Å². The van der Waals surface area contributed by atoms with Crippen molar-refractivity contribution in [1.29, 1.82) is 0 Å². The van der Waals surface area contributed by atoms with Gasteiger partial charge in [0.1, 0.15) is 16.9 Å². The number of aromatic nitrogens is 2. The van der Waals surface area contributed by atoms with Gasteiger partial charge in [0.2, 0.25) is 12.7 Å². The first kappa shape index (κ1) is 22.5. The van der Waals surface area contributed by atoms with Gasteiger partial charge in [-0.3, -0.25) is 14.0 Å². The first-order valence-electron chi connectivity index (χ1n) is 10.5. The Labute approximate surface area is 189 Å². The summed E-state index contributed by atoms with van der Waals surface area (Å²) in [5.41, 5.74) is 1.02. The minimum absolute atomic E-state index is 0.150. The highest BCUT2D eigenvalue weighted by atomic mass is 32.1. The van der Waals surface area contributed by atoms with Crippen molar-refractivity contribution in [3.8, 4) is 0 Å². The number of aliphatic hydroxyl groups excluding tert-OH is 1. The molecule has 172 valence electrons. The molecule has 1 fully saturated rings. The molecule has 0 unspecified atom stereocenters. The van der Waals surface area contributed by atoms with Crippen LogP contribution in [0.15, 0.2) is 18.2 Å². The third kappa shape index (κ3) is 3.32. The van der Waals surface area contributed by atoms with Crippen LogP contribution in [-0.2, 0) is 23.9 Å². The molecule has 1 amide bonds. The molecule has 1 saturated heterocycles. The van der Waals surface area contributed by atoms with Crippen LogP contribution in [0.1, 0.15) is 45.2 Å². The quantitative estimate of drug-likeness (QED) is 0.413. The van der Waals surface area contributed by atoms with Crippen molar-refractivity contribution in [3.05, 3.63) is 28.8 Å². The van der Waals surface area contributed by atoms with Crippen molar-refractivity contribution in [2.75, 3.05) is 6.79 Å². The van der Waals surface area contributed by atoms with Gasteiger partial charge in [-0.2, -0.15) is 0 Å². The molecule has 1 N–H and O–H groups in total. The number of carbonyl (C=O) groups is 3. The largest absolute Gasteiger partial charge is 0.427 e. The van der Waals surface area contributed by atoms with Crippen LogP contribution in [0.3, 0.4) is 0 Å². The lowest BCUT2D eigenvalue weighted by atomic mass is 9.77. The standard InChI is InChI=1S/C22H27N3O6S/c1-10-14(18-11(2)24-8-23-7-13(24)32-18)17(25-16(10)15(12(3)26)19(25)27)20(28)30-9-31-21(29)22(4,5)6/h7-8,10,12,15-16,26H,9H2,1-6H3/t10-,12+,15+,16+/m0/s1. The van der Waals surface area contributed by atoms with Crippen LogP contribution in [0.25, 0.3) is 10.4 Å². The average Bonchev–Trinajstić information content (AvgIpc) is 3.33. The Morgan fingerprint density at radius 2 is 2.00 bits per heavy atom. The number of rotatable bonds is 5. The smallest absolute Gasteiger partial charge is 0.358 e. The zero-order valence-corrected chi connectivity index (χ0v) is 19.7. The van der Waals surface area contributed by atoms with E-state index in [0.717, 1.165) is 15.4 Å². The number of fused-ring (bicyclic) bond motifs is 2. The van der Waals surface area contributed by atoms with Gasteiger partial charge in [-0.25, -0.2) is 9.78 Å². The first-order chi connectivity index (χ1) is 14.9. The van der Waals surface area contributed by atoms with E-state index in [1.807, 2.05) is 18.2 Å². The molecule has 4 heterocycles. The molecule has 32 heavy (non-hydrogen) atoms. The lowest BCUT2D eigenvalue weighted by Crippen LogP contribution is -2.63. The van der Waals surface area contributed by atoms with E-state index in [2.05, 4.69) is 4.98 Å². The number of hydrogen-bond acceptors (Lipinski definition) is 8. The molecule has 2 aromatic rings. The van der Waals surface area contributed by atoms with Crippen LogP contribution in [0.4, 0.5) is 0 Å². The number of carbonyl (C=O) groups excluding carboxylic acids is 3. The average molecular weight is 462 g/mol. The van der Waals surface area contributed by atoms with Crippen LogP contribution in [0, 0.1) is 24.2 Å². The predicted molar refractivity (Wildman–Crippen MR) is 116 cm³/mol. The van der Waals surface area contributed by atoms with E-state index < -0.39 is 36.2 Å². The number of ether oxygens (including phenoxy) is 2. The summed E-state index contributed by atoms with van der Waals surface area (Å²) in [7, 11) is 0. The summed E-state index contributed by atoms with van der Waals surface area (Å²) in [6, 6.07) is -0.337. The molecule has 0 aliphatic carbocycles. The van der Waals surface area contributed by atoms with Crippen molar-refractivity contribution < 1.29 is 29.0 Å². The van der Waals surface area contributed by atoms with E-state index in [-0.39, 0.29) is 23.6 Å². The Morgan fingerprint density at radius 1 is 1.31 bits per heavy atom. The molecule has 0 aromatic carbocycles. The van der Waals surface area contributed by atoms with E-state index in [0.29, 0.717) is 5.57 Å². The number of imidazole rings is 1. The molecule has 2 aromatic heterocycles. The first-order valence-corrected chi connectivity index (χ1v) is 11.3. The third-order valence-corrected chi connectivity index (χ3v) is 7.33. The molecule has 4 atom stereocenters. The van der Waals surface area contributed by atoms with Gasteiger partial charge in [0.05, 0.1) is 34.6 Å². The second kappa shape index (κ2) is 7.70. The maximum absolute atomic E-state index is 13.1. The van der Waals surface area contributed by atoms with E-state index in [1.54, 1.807) is 40.2 Å². The summed E-state index contributed by atoms with van der Waals surface area (Å²) in [6.45, 7) is 10.0. The van der Waals surface area contributed by atoms with Gasteiger partial charge >= 0.3 is 11.9 Å². The van der Waals surface area contributed by atoms with Crippen LogP contribution in [0.5, 0.6) is 0 Å². The Hall–Kier alpha value is -2.72. The minimum atomic E-state index is -0.833. The van der Waals surface area contributed by atoms with Gasteiger partial charge in [-0.05, 0) is 34.6 Å². The topological polar surface area (TPSA) is 110 Å². The molecule has 0 radical (unpaired) electrons. The van der Waals surface area contributed by atoms with Crippen molar-refractivity contribution in [1.82, 2.24) is 14.3 Å². The molecular weight excluding hydrogens is 434 g/mol. The minimum Gasteiger partial charge on any atom is -0.427 e. The second-order valence-corrected chi connectivity index (χ2v) is 10.4. The van der Waals surface area contributed by atoms with E-state index >= 15 is 0 Å². The molecule has 0 saturated carbocycles. The van der Waals surface area contributed by atoms with Crippen LogP contribution < -0.4 is 0 Å². The fourth-order valence-corrected chi connectivity index (χ4v) is 5.67. The number of hydrogen-bond donors (Lipinski definition) is 1. The fourth-order valence-electron chi connectivity index (χ4n) is 4.43. The molecule has 0 bridgehead atoms. The van der Waals surface area contributed by atoms with Crippen molar-refractivity contribution in [2.45, 2.75) is 53.7 Å². The molecular formula is C22H27N3O6S. The lowest BCUT2D eigenvalue weighted by molar-refractivity contribution is -0.175. The SMILES string of the molecule is Cc1c(C2=C(C(=O)OCOC(=O)C(C)(C)C)N3C(=O)[C@H]([C@@H](C)O)[C@H]3[C@H]2C)sc2cncn12. The predicted octanol–water partition coefficient (Wildman–Crippen LogP) is 2.36. The van der Waals surface area contributed by atoms with E-state index in [4.69, 9.17) is 9.47 Å². The number of nitrogens with zero attached hydrogens (tertiary/aromatic N) is 3. The number of amides is 1. The highest BCUT2D eigenvalue weighted by molar-refractivity contribution is 7.18. The summed E-state index contributed by atoms with van der Waals surface area (Å²) >= 11 is 1.48. The monoisotopic (exact) mass is 461 g/mol. The Morgan fingerprint density at radius 3 is 2.59 bits per heavy atom. The van der Waals surface area contributed by atoms with Crippen molar-refractivity contribution in [2.24, 2.45) is 17.3 Å². The van der Waals surface area contributed by atoms with Crippen molar-refractivity contribution in [3.63, 3.8) is 0 Å². The Balaban J connectivity index is 1.70. The number of aliphatic hydroxyl groups is 1. The van der Waals surface area contributed by atoms with Gasteiger partial charge in [0.25, 0.3) is 0 Å². The number of β-lactam (4-membered cyclic amide) rings is 1. The molecule has 0 spiro atoms. The Bertz CT molecular complexity index is 1140. The molecule has 4 rings (SSSR count). The summed E-state index contributed by atoms with van der Waals surface area (Å²) in [6.07, 6.45) is 2.61. The van der Waals surface area contributed by atoms with Crippen LogP contribution in [-0.4, -0.2) is 56.2 Å². The molecule has 2 aliphatic rings. The number of esters is 2. The van der Waals surface area contributed by atoms with Gasteiger partial charge in [0.15, 0.2) is 0 Å². The highest BCUT2D eigenvalue weighted by Crippen LogP contribution is 2.52. The summed E-state index contributed by atoms with van der Waals surface area (Å²) < 4.78 is 12.3. The van der Waals surface area contributed by atoms with E-state index in [9.17, 15) is 19.5 Å². The molecule has 10 heteroatoms. The highest BCUT2D eigenvalue weighted by Gasteiger charge is 2.60. The second-order valence-electron chi connectivity index (χ2n) is 9.37. The van der Waals surface area contributed by atoms with Crippen molar-refractivity contribution >= 4 is 39.6 Å². The summed E-state index contributed by atoms with van der Waals surface area (Å²) in [5.74, 6) is -2.32. The number of thiazole rings is 1. The van der Waals surface area contributed by atoms with Gasteiger partial charge < -0.3 is 19.5 Å². The van der Waals surface area contributed by atoms with Gasteiger partial charge in [-0.15, -0.1) is 11.3 Å². The van der Waals surface area contributed by atoms with Gasteiger partial charge in [-0.1, -0.05) is 6.92 Å². The van der Waals surface area contributed by atoms with Gasteiger partial charge in [0, 0.05) is 17.2 Å². The summed E-state index contributed by atoms with van der Waals surface area (Å²) in [4.78, 5) is 45.4. The van der Waals surface area contributed by atoms with E-state index in [1.165, 1.54) is 16.2 Å². The molecule has 2 aliphatic heterocycles. The number of aryl methyl sites for hydroxylation is 1. The maximum Gasteiger partial charge on any atom is 0.358 e. The fraction of sp³-hybridized carbons (Fsp3) is 0.545.